The molecule has 2 aromatic heterocycles. The number of carbonyl (C=O) groups excluding carboxylic acids is 1. The highest BCUT2D eigenvalue weighted by Crippen LogP contribution is 2.18. The van der Waals surface area contributed by atoms with Crippen LogP contribution < -0.4 is 14.8 Å². The van der Waals surface area contributed by atoms with Crippen molar-refractivity contribution in [1.82, 2.24) is 10.0 Å². The Kier molecular flexibility index (Phi) is 5.94. The third-order valence-corrected chi connectivity index (χ3v) is 5.87. The number of ether oxygens (including phenoxy) is 1. The summed E-state index contributed by atoms with van der Waals surface area (Å²) in [5, 5.41) is 4.24. The number of hydrogen-bond acceptors (Lipinski definition) is 6. The van der Waals surface area contributed by atoms with E-state index in [0.29, 0.717) is 5.75 Å². The monoisotopic (exact) mass is 406 g/mol. The van der Waals surface area contributed by atoms with Gasteiger partial charge in [-0.3, -0.25) is 4.79 Å². The normalized spacial score (nSPS) is 11.3. The summed E-state index contributed by atoms with van der Waals surface area (Å²) in [7, 11) is -2.29. The van der Waals surface area contributed by atoms with E-state index in [1.165, 1.54) is 23.5 Å². The number of methoxy groups -OCH3 is 1. The lowest BCUT2D eigenvalue weighted by molar-refractivity contribution is 0.0917. The minimum absolute atomic E-state index is 0.0820. The molecular weight excluding hydrogens is 388 g/mol. The van der Waals surface area contributed by atoms with Gasteiger partial charge in [-0.2, -0.15) is 0 Å². The first-order valence-corrected chi connectivity index (χ1v) is 10.4. The van der Waals surface area contributed by atoms with Crippen LogP contribution in [-0.2, 0) is 23.1 Å². The molecule has 0 saturated carbocycles. The molecule has 2 heterocycles. The summed E-state index contributed by atoms with van der Waals surface area (Å²) in [6.45, 7) is 0.387. The number of hydrogen-bond donors (Lipinski definition) is 2. The van der Waals surface area contributed by atoms with Crippen LogP contribution in [-0.4, -0.2) is 21.4 Å². The van der Waals surface area contributed by atoms with Crippen LogP contribution >= 0.6 is 11.3 Å². The van der Waals surface area contributed by atoms with Crippen molar-refractivity contribution in [3.8, 4) is 5.75 Å². The maximum atomic E-state index is 12.3. The Labute approximate surface area is 161 Å². The molecule has 7 nitrogen and oxygen atoms in total. The fourth-order valence-corrected chi connectivity index (χ4v) is 4.02. The third kappa shape index (κ3) is 4.76. The maximum Gasteiger partial charge on any atom is 0.287 e. The number of furan rings is 1. The van der Waals surface area contributed by atoms with E-state index in [4.69, 9.17) is 9.15 Å². The molecule has 27 heavy (non-hydrogen) atoms. The van der Waals surface area contributed by atoms with Gasteiger partial charge >= 0.3 is 0 Å². The number of thiophene rings is 1. The Morgan fingerprint density at radius 3 is 2.67 bits per heavy atom. The van der Waals surface area contributed by atoms with E-state index in [1.54, 1.807) is 13.2 Å². The van der Waals surface area contributed by atoms with Gasteiger partial charge in [-0.1, -0.05) is 24.3 Å². The molecule has 0 bridgehead atoms. The Hall–Kier alpha value is -2.62. The Morgan fingerprint density at radius 2 is 1.93 bits per heavy atom. The summed E-state index contributed by atoms with van der Waals surface area (Å²) in [6, 6.07) is 13.5. The molecule has 0 radical (unpaired) electrons. The van der Waals surface area contributed by atoms with Gasteiger partial charge in [0.2, 0.25) is 5.09 Å². The van der Waals surface area contributed by atoms with Crippen LogP contribution in [0.3, 0.4) is 0 Å². The Bertz CT molecular complexity index is 1010. The summed E-state index contributed by atoms with van der Waals surface area (Å²) >= 11 is 1.44. The summed E-state index contributed by atoms with van der Waals surface area (Å²) in [4.78, 5) is 13.1. The van der Waals surface area contributed by atoms with Gasteiger partial charge in [0.1, 0.15) is 5.75 Å². The fraction of sp³-hybridized carbons (Fsp3) is 0.167. The first-order valence-electron chi connectivity index (χ1n) is 8.01. The number of benzene rings is 1. The number of amides is 1. The average Bonchev–Trinajstić information content (AvgIpc) is 3.37. The van der Waals surface area contributed by atoms with Crippen LogP contribution in [0.1, 0.15) is 21.0 Å². The van der Waals surface area contributed by atoms with E-state index < -0.39 is 15.9 Å². The molecule has 0 unspecified atom stereocenters. The highest BCUT2D eigenvalue weighted by atomic mass is 32.2. The van der Waals surface area contributed by atoms with Crippen molar-refractivity contribution < 1.29 is 22.4 Å². The fourth-order valence-electron chi connectivity index (χ4n) is 2.35. The summed E-state index contributed by atoms with van der Waals surface area (Å²) < 4.78 is 37.5. The molecular formula is C18H18N2O5S2. The molecule has 0 aliphatic carbocycles. The summed E-state index contributed by atoms with van der Waals surface area (Å²) in [6.07, 6.45) is 0. The number of rotatable bonds is 8. The lowest BCUT2D eigenvalue weighted by Crippen LogP contribution is -2.23. The smallest absolute Gasteiger partial charge is 0.287 e. The van der Waals surface area contributed by atoms with Crippen molar-refractivity contribution >= 4 is 27.3 Å². The van der Waals surface area contributed by atoms with E-state index >= 15 is 0 Å². The standard InChI is InChI=1S/C18H18N2O5S2/c1-24-15-7-3-2-5-13(15)11-19-18(21)16-8-9-17(25-16)27(22,23)20-12-14-6-4-10-26-14/h2-10,20H,11-12H2,1H3,(H,19,21). The number of carbonyl (C=O) groups is 1. The number of sulfonamides is 1. The van der Waals surface area contributed by atoms with E-state index in [9.17, 15) is 13.2 Å². The molecule has 2 N–H and O–H groups in total. The molecule has 0 saturated heterocycles. The van der Waals surface area contributed by atoms with Crippen molar-refractivity contribution in [2.24, 2.45) is 0 Å². The van der Waals surface area contributed by atoms with Gasteiger partial charge in [0.15, 0.2) is 5.76 Å². The van der Waals surface area contributed by atoms with Crippen molar-refractivity contribution in [2.45, 2.75) is 18.2 Å². The van der Waals surface area contributed by atoms with E-state index in [0.717, 1.165) is 10.4 Å². The van der Waals surface area contributed by atoms with Crippen LogP contribution in [0.15, 0.2) is 63.4 Å². The highest BCUT2D eigenvalue weighted by molar-refractivity contribution is 7.89. The molecule has 1 amide bonds. The minimum atomic E-state index is -3.84. The van der Waals surface area contributed by atoms with Gasteiger partial charge < -0.3 is 14.5 Å². The first-order chi connectivity index (χ1) is 13.0. The molecule has 0 spiro atoms. The molecule has 0 aliphatic heterocycles. The highest BCUT2D eigenvalue weighted by Gasteiger charge is 2.21. The average molecular weight is 406 g/mol. The zero-order chi connectivity index (χ0) is 19.3. The van der Waals surface area contributed by atoms with Crippen molar-refractivity contribution in [2.75, 3.05) is 7.11 Å². The largest absolute Gasteiger partial charge is 0.496 e. The number of para-hydroxylation sites is 1. The molecule has 1 aromatic carbocycles. The van der Waals surface area contributed by atoms with E-state index in [1.807, 2.05) is 35.7 Å². The van der Waals surface area contributed by atoms with E-state index in [-0.39, 0.29) is 23.9 Å². The van der Waals surface area contributed by atoms with Crippen LogP contribution in [0.25, 0.3) is 0 Å². The van der Waals surface area contributed by atoms with Crippen molar-refractivity contribution in [3.05, 3.63) is 70.1 Å². The molecule has 3 rings (SSSR count). The van der Waals surface area contributed by atoms with Crippen molar-refractivity contribution in [1.29, 1.82) is 0 Å². The first kappa shape index (κ1) is 19.2. The zero-order valence-electron chi connectivity index (χ0n) is 14.5. The summed E-state index contributed by atoms with van der Waals surface area (Å²) in [5.74, 6) is 0.0558. The molecule has 142 valence electrons. The second-order valence-corrected chi connectivity index (χ2v) is 8.25. The SMILES string of the molecule is COc1ccccc1CNC(=O)c1ccc(S(=O)(=O)NCc2cccs2)o1. The van der Waals surface area contributed by atoms with E-state index in [2.05, 4.69) is 10.0 Å². The van der Waals surface area contributed by atoms with Crippen LogP contribution in [0.2, 0.25) is 0 Å². The van der Waals surface area contributed by atoms with Crippen molar-refractivity contribution in [3.63, 3.8) is 0 Å². The van der Waals surface area contributed by atoms with Gasteiger partial charge in [-0.25, -0.2) is 13.1 Å². The quantitative estimate of drug-likeness (QED) is 0.599. The van der Waals surface area contributed by atoms with Crippen LogP contribution in [0.4, 0.5) is 0 Å². The maximum absolute atomic E-state index is 12.3. The van der Waals surface area contributed by atoms with Gasteiger partial charge in [0, 0.05) is 23.5 Å². The number of nitrogens with one attached hydrogen (secondary N) is 2. The molecule has 3 aromatic rings. The predicted molar refractivity (Wildman–Crippen MR) is 101 cm³/mol. The van der Waals surface area contributed by atoms with Gasteiger partial charge in [0.25, 0.3) is 15.9 Å². The Balaban J connectivity index is 1.63. The molecule has 9 heteroatoms. The summed E-state index contributed by atoms with van der Waals surface area (Å²) in [5.41, 5.74) is 0.797. The molecule has 0 atom stereocenters. The van der Waals surface area contributed by atoms with Gasteiger partial charge in [-0.15, -0.1) is 11.3 Å². The topological polar surface area (TPSA) is 97.6 Å². The second kappa shape index (κ2) is 8.38. The Morgan fingerprint density at radius 1 is 1.11 bits per heavy atom. The predicted octanol–water partition coefficient (Wildman–Crippen LogP) is 2.76. The zero-order valence-corrected chi connectivity index (χ0v) is 16.1. The van der Waals surface area contributed by atoms with Gasteiger partial charge in [0.05, 0.1) is 7.11 Å². The molecule has 0 fully saturated rings. The molecule has 0 aliphatic rings. The minimum Gasteiger partial charge on any atom is -0.496 e. The van der Waals surface area contributed by atoms with Gasteiger partial charge in [-0.05, 0) is 29.6 Å². The lowest BCUT2D eigenvalue weighted by atomic mass is 10.2. The van der Waals surface area contributed by atoms with Crippen LogP contribution in [0.5, 0.6) is 5.75 Å². The third-order valence-electron chi connectivity index (χ3n) is 3.72. The van der Waals surface area contributed by atoms with Crippen LogP contribution in [0, 0.1) is 0 Å². The second-order valence-electron chi connectivity index (χ2n) is 5.52. The lowest BCUT2D eigenvalue weighted by Gasteiger charge is -2.08.